The average Bonchev–Trinajstić information content (AvgIpc) is 2.87. The van der Waals surface area contributed by atoms with Crippen molar-refractivity contribution in [2.24, 2.45) is 0 Å². The summed E-state index contributed by atoms with van der Waals surface area (Å²) in [7, 11) is 0. The van der Waals surface area contributed by atoms with Crippen LogP contribution >= 0.6 is 0 Å². The van der Waals surface area contributed by atoms with Gasteiger partial charge in [0.15, 0.2) is 0 Å². The summed E-state index contributed by atoms with van der Waals surface area (Å²) in [6.45, 7) is 5.57. The summed E-state index contributed by atoms with van der Waals surface area (Å²) < 4.78 is 7.06. The molecule has 2 rings (SSSR count). The molecule has 2 aromatic heterocycles. The van der Waals surface area contributed by atoms with Crippen LogP contribution in [0.4, 0.5) is 0 Å². The summed E-state index contributed by atoms with van der Waals surface area (Å²) in [5, 5.41) is 11.4. The Kier molecular flexibility index (Phi) is 3.36. The molecule has 16 heavy (non-hydrogen) atoms. The van der Waals surface area contributed by atoms with E-state index in [9.17, 15) is 0 Å². The van der Waals surface area contributed by atoms with Crippen molar-refractivity contribution >= 4 is 0 Å². The molecule has 86 valence electrons. The summed E-state index contributed by atoms with van der Waals surface area (Å²) >= 11 is 0. The van der Waals surface area contributed by atoms with Crippen molar-refractivity contribution in [1.29, 1.82) is 0 Å². The quantitative estimate of drug-likeness (QED) is 0.834. The molecule has 2 heterocycles. The number of aromatic nitrogens is 3. The van der Waals surface area contributed by atoms with Gasteiger partial charge in [0.05, 0.1) is 24.7 Å². The van der Waals surface area contributed by atoms with Crippen LogP contribution < -0.4 is 5.32 Å². The maximum absolute atomic E-state index is 5.21. The molecule has 0 aliphatic carbocycles. The predicted molar refractivity (Wildman–Crippen MR) is 59.7 cm³/mol. The molecule has 0 atom stereocenters. The van der Waals surface area contributed by atoms with Gasteiger partial charge in [-0.25, -0.2) is 4.68 Å². The van der Waals surface area contributed by atoms with Gasteiger partial charge in [0, 0.05) is 12.6 Å². The van der Waals surface area contributed by atoms with Crippen LogP contribution in [0.15, 0.2) is 29.0 Å². The van der Waals surface area contributed by atoms with E-state index in [1.54, 1.807) is 6.26 Å². The molecule has 0 aliphatic rings. The number of rotatable bonds is 5. The Morgan fingerprint density at radius 1 is 1.44 bits per heavy atom. The minimum absolute atomic E-state index is 0.353. The molecule has 0 unspecified atom stereocenters. The predicted octanol–water partition coefficient (Wildman–Crippen LogP) is 1.74. The third kappa shape index (κ3) is 2.70. The Labute approximate surface area is 94.5 Å². The lowest BCUT2D eigenvalue weighted by atomic mass is 10.4. The van der Waals surface area contributed by atoms with E-state index < -0.39 is 0 Å². The first-order chi connectivity index (χ1) is 7.75. The van der Waals surface area contributed by atoms with E-state index in [1.165, 1.54) is 0 Å². The van der Waals surface area contributed by atoms with Crippen LogP contribution in [0.1, 0.15) is 31.3 Å². The zero-order valence-electron chi connectivity index (χ0n) is 9.55. The normalized spacial score (nSPS) is 11.2. The Hall–Kier alpha value is -1.62. The van der Waals surface area contributed by atoms with E-state index in [0.29, 0.717) is 19.1 Å². The molecule has 0 saturated heterocycles. The molecule has 0 radical (unpaired) electrons. The van der Waals surface area contributed by atoms with Crippen LogP contribution in [0, 0.1) is 0 Å². The number of hydrogen-bond donors (Lipinski definition) is 1. The van der Waals surface area contributed by atoms with E-state index in [1.807, 2.05) is 23.0 Å². The van der Waals surface area contributed by atoms with E-state index in [2.05, 4.69) is 29.5 Å². The molecule has 2 aromatic rings. The third-order valence-electron chi connectivity index (χ3n) is 2.27. The summed E-state index contributed by atoms with van der Waals surface area (Å²) in [6.07, 6.45) is 3.63. The largest absolute Gasteiger partial charge is 0.468 e. The molecular weight excluding hydrogens is 204 g/mol. The average molecular weight is 220 g/mol. The first-order valence-corrected chi connectivity index (χ1v) is 5.39. The lowest BCUT2D eigenvalue weighted by Crippen LogP contribution is -2.12. The topological polar surface area (TPSA) is 55.9 Å². The number of hydrogen-bond acceptors (Lipinski definition) is 4. The monoisotopic (exact) mass is 220 g/mol. The Morgan fingerprint density at radius 3 is 2.94 bits per heavy atom. The molecule has 0 spiro atoms. The van der Waals surface area contributed by atoms with E-state index in [4.69, 9.17) is 4.42 Å². The summed E-state index contributed by atoms with van der Waals surface area (Å²) in [5.41, 5.74) is 0.945. The molecule has 0 aliphatic heterocycles. The van der Waals surface area contributed by atoms with Gasteiger partial charge in [0.2, 0.25) is 0 Å². The van der Waals surface area contributed by atoms with E-state index in [0.717, 1.165) is 11.5 Å². The highest BCUT2D eigenvalue weighted by Crippen LogP contribution is 2.03. The Bertz CT molecular complexity index is 419. The lowest BCUT2D eigenvalue weighted by molar-refractivity contribution is 0.481. The highest BCUT2D eigenvalue weighted by Gasteiger charge is 2.03. The van der Waals surface area contributed by atoms with Crippen LogP contribution in [0.3, 0.4) is 0 Å². The summed E-state index contributed by atoms with van der Waals surface area (Å²) in [6, 6.07) is 4.18. The van der Waals surface area contributed by atoms with Gasteiger partial charge in [0.25, 0.3) is 0 Å². The van der Waals surface area contributed by atoms with Crippen molar-refractivity contribution in [2.45, 2.75) is 33.0 Å². The van der Waals surface area contributed by atoms with Crippen LogP contribution in [-0.4, -0.2) is 15.0 Å². The fourth-order valence-corrected chi connectivity index (χ4v) is 1.37. The van der Waals surface area contributed by atoms with Gasteiger partial charge in [-0.2, -0.15) is 0 Å². The van der Waals surface area contributed by atoms with E-state index >= 15 is 0 Å². The van der Waals surface area contributed by atoms with Crippen molar-refractivity contribution in [3.63, 3.8) is 0 Å². The fourth-order valence-electron chi connectivity index (χ4n) is 1.37. The molecule has 0 saturated carbocycles. The van der Waals surface area contributed by atoms with Gasteiger partial charge >= 0.3 is 0 Å². The minimum Gasteiger partial charge on any atom is -0.468 e. The van der Waals surface area contributed by atoms with Gasteiger partial charge in [-0.15, -0.1) is 5.10 Å². The van der Waals surface area contributed by atoms with Crippen LogP contribution in [0.5, 0.6) is 0 Å². The summed E-state index contributed by atoms with van der Waals surface area (Å²) in [5.74, 6) is 0.927. The van der Waals surface area contributed by atoms with Crippen LogP contribution in [0.2, 0.25) is 0 Å². The van der Waals surface area contributed by atoms with Crippen molar-refractivity contribution in [2.75, 3.05) is 0 Å². The second-order valence-electron chi connectivity index (χ2n) is 3.97. The third-order valence-corrected chi connectivity index (χ3v) is 2.27. The molecule has 5 nitrogen and oxygen atoms in total. The number of furan rings is 1. The molecular formula is C11H16N4O. The molecule has 0 bridgehead atoms. The van der Waals surface area contributed by atoms with Crippen molar-refractivity contribution in [1.82, 2.24) is 20.3 Å². The molecule has 1 N–H and O–H groups in total. The maximum atomic E-state index is 5.21. The molecule has 5 heteroatoms. The molecule has 0 fully saturated rings. The highest BCUT2D eigenvalue weighted by atomic mass is 16.3. The second kappa shape index (κ2) is 4.94. The van der Waals surface area contributed by atoms with E-state index in [-0.39, 0.29) is 0 Å². The van der Waals surface area contributed by atoms with Gasteiger partial charge in [0.1, 0.15) is 5.76 Å². The smallest absolute Gasteiger partial charge is 0.117 e. The highest BCUT2D eigenvalue weighted by molar-refractivity contribution is 4.98. The first-order valence-electron chi connectivity index (χ1n) is 5.39. The second-order valence-corrected chi connectivity index (χ2v) is 3.97. The first kappa shape index (κ1) is 10.9. The number of nitrogens with zero attached hydrogens (tertiary/aromatic N) is 3. The van der Waals surface area contributed by atoms with Crippen LogP contribution in [0.25, 0.3) is 0 Å². The Morgan fingerprint density at radius 2 is 2.31 bits per heavy atom. The standard InChI is InChI=1S/C11H16N4O/c1-9(2)15-8-10(13-14-15)6-12-7-11-4-3-5-16-11/h3-5,8-9,12H,6-7H2,1-2H3. The van der Waals surface area contributed by atoms with Gasteiger partial charge in [-0.1, -0.05) is 5.21 Å². The van der Waals surface area contributed by atoms with Crippen LogP contribution in [-0.2, 0) is 13.1 Å². The zero-order chi connectivity index (χ0) is 11.4. The fraction of sp³-hybridized carbons (Fsp3) is 0.455. The lowest BCUT2D eigenvalue weighted by Gasteiger charge is -2.01. The molecule has 0 amide bonds. The van der Waals surface area contributed by atoms with Crippen molar-refractivity contribution in [3.8, 4) is 0 Å². The maximum Gasteiger partial charge on any atom is 0.117 e. The van der Waals surface area contributed by atoms with Gasteiger partial charge in [-0.3, -0.25) is 0 Å². The number of nitrogens with one attached hydrogen (secondary N) is 1. The van der Waals surface area contributed by atoms with Gasteiger partial charge < -0.3 is 9.73 Å². The van der Waals surface area contributed by atoms with Crippen molar-refractivity contribution in [3.05, 3.63) is 36.0 Å². The summed E-state index contributed by atoms with van der Waals surface area (Å²) in [4.78, 5) is 0. The minimum atomic E-state index is 0.353. The van der Waals surface area contributed by atoms with Gasteiger partial charge in [-0.05, 0) is 26.0 Å². The zero-order valence-corrected chi connectivity index (χ0v) is 9.55. The molecule has 0 aromatic carbocycles. The Balaban J connectivity index is 1.81. The van der Waals surface area contributed by atoms with Crippen molar-refractivity contribution < 1.29 is 4.42 Å². The SMILES string of the molecule is CC(C)n1cc(CNCc2ccco2)nn1.